The van der Waals surface area contributed by atoms with E-state index in [4.69, 9.17) is 5.11 Å². The monoisotopic (exact) mass is 279 g/mol. The third-order valence-electron chi connectivity index (χ3n) is 3.81. The van der Waals surface area contributed by atoms with E-state index < -0.39 is 11.8 Å². The van der Waals surface area contributed by atoms with E-state index in [1.807, 2.05) is 6.92 Å². The Balaban J connectivity index is 2.26. The Morgan fingerprint density at radius 1 is 1.40 bits per heavy atom. The van der Waals surface area contributed by atoms with Gasteiger partial charge in [-0.3, -0.25) is 4.79 Å². The van der Waals surface area contributed by atoms with Crippen LogP contribution in [0.4, 0.5) is 4.39 Å². The van der Waals surface area contributed by atoms with Crippen molar-refractivity contribution in [2.45, 2.75) is 38.6 Å². The standard InChI is InChI=1S/C15H18FNO3/c1-2-11-5-3-4-8-17(11)14(18)12-7-6-10(15(19)20)9-13(12)16/h6-7,9,11H,2-5,8H2,1H3,(H,19,20). The SMILES string of the molecule is CCC1CCCCN1C(=O)c1ccc(C(=O)O)cc1F. The Hall–Kier alpha value is -1.91. The van der Waals surface area contributed by atoms with Gasteiger partial charge in [-0.2, -0.15) is 0 Å². The molecule has 0 bridgehead atoms. The van der Waals surface area contributed by atoms with Crippen molar-refractivity contribution in [1.29, 1.82) is 0 Å². The fourth-order valence-electron chi connectivity index (χ4n) is 2.67. The van der Waals surface area contributed by atoms with Crippen molar-refractivity contribution in [2.75, 3.05) is 6.54 Å². The number of carbonyl (C=O) groups excluding carboxylic acids is 1. The van der Waals surface area contributed by atoms with Crippen molar-refractivity contribution in [2.24, 2.45) is 0 Å². The summed E-state index contributed by atoms with van der Waals surface area (Å²) in [6.07, 6.45) is 3.80. The number of aromatic carboxylic acids is 1. The van der Waals surface area contributed by atoms with Crippen LogP contribution in [0.15, 0.2) is 18.2 Å². The number of carboxylic acids is 1. The topological polar surface area (TPSA) is 57.6 Å². The number of piperidine rings is 1. The van der Waals surface area contributed by atoms with Crippen LogP contribution in [0.25, 0.3) is 0 Å². The molecule has 1 fully saturated rings. The minimum atomic E-state index is -1.20. The molecule has 0 saturated carbocycles. The molecule has 1 aliphatic heterocycles. The van der Waals surface area contributed by atoms with Gasteiger partial charge in [-0.05, 0) is 43.9 Å². The molecule has 1 aromatic rings. The van der Waals surface area contributed by atoms with Crippen molar-refractivity contribution in [1.82, 2.24) is 4.90 Å². The molecule has 1 aromatic carbocycles. The fraction of sp³-hybridized carbons (Fsp3) is 0.467. The molecule has 1 N–H and O–H groups in total. The van der Waals surface area contributed by atoms with Crippen LogP contribution in [0, 0.1) is 5.82 Å². The van der Waals surface area contributed by atoms with Crippen LogP contribution in [0.2, 0.25) is 0 Å². The van der Waals surface area contributed by atoms with Gasteiger partial charge in [-0.15, -0.1) is 0 Å². The number of carbonyl (C=O) groups is 2. The van der Waals surface area contributed by atoms with Crippen LogP contribution in [0.1, 0.15) is 53.3 Å². The highest BCUT2D eigenvalue weighted by Crippen LogP contribution is 2.23. The highest BCUT2D eigenvalue weighted by atomic mass is 19.1. The quantitative estimate of drug-likeness (QED) is 0.925. The minimum absolute atomic E-state index is 0.0460. The van der Waals surface area contributed by atoms with E-state index in [1.165, 1.54) is 12.1 Å². The Labute approximate surface area is 117 Å². The van der Waals surface area contributed by atoms with E-state index in [9.17, 15) is 14.0 Å². The number of rotatable bonds is 3. The summed E-state index contributed by atoms with van der Waals surface area (Å²) in [4.78, 5) is 24.9. The van der Waals surface area contributed by atoms with Crippen LogP contribution in [0.5, 0.6) is 0 Å². The lowest BCUT2D eigenvalue weighted by atomic mass is 9.98. The summed E-state index contributed by atoms with van der Waals surface area (Å²) >= 11 is 0. The number of benzene rings is 1. The zero-order chi connectivity index (χ0) is 14.7. The van der Waals surface area contributed by atoms with Crippen LogP contribution >= 0.6 is 0 Å². The first kappa shape index (κ1) is 14.5. The van der Waals surface area contributed by atoms with Gasteiger partial charge in [0.2, 0.25) is 0 Å². The molecule has 0 spiro atoms. The van der Waals surface area contributed by atoms with E-state index in [-0.39, 0.29) is 23.1 Å². The fourth-order valence-corrected chi connectivity index (χ4v) is 2.67. The van der Waals surface area contributed by atoms with E-state index in [0.717, 1.165) is 31.7 Å². The van der Waals surface area contributed by atoms with E-state index >= 15 is 0 Å². The van der Waals surface area contributed by atoms with Crippen molar-refractivity contribution in [3.8, 4) is 0 Å². The van der Waals surface area contributed by atoms with Gasteiger partial charge in [-0.25, -0.2) is 9.18 Å². The van der Waals surface area contributed by atoms with Crippen LogP contribution in [-0.2, 0) is 0 Å². The predicted molar refractivity (Wildman–Crippen MR) is 72.3 cm³/mol. The summed E-state index contributed by atoms with van der Waals surface area (Å²) in [7, 11) is 0. The van der Waals surface area contributed by atoms with Gasteiger partial charge in [0.15, 0.2) is 0 Å². The highest BCUT2D eigenvalue weighted by molar-refractivity contribution is 5.96. The summed E-state index contributed by atoms with van der Waals surface area (Å²) in [5, 5.41) is 8.81. The third-order valence-corrected chi connectivity index (χ3v) is 3.81. The lowest BCUT2D eigenvalue weighted by Crippen LogP contribution is -2.43. The first-order chi connectivity index (χ1) is 9.54. The second-order valence-corrected chi connectivity index (χ2v) is 5.06. The summed E-state index contributed by atoms with van der Waals surface area (Å²) < 4.78 is 13.9. The van der Waals surface area contributed by atoms with Crippen molar-refractivity contribution in [3.63, 3.8) is 0 Å². The van der Waals surface area contributed by atoms with Gasteiger partial charge < -0.3 is 10.0 Å². The molecule has 0 aliphatic carbocycles. The second-order valence-electron chi connectivity index (χ2n) is 5.06. The van der Waals surface area contributed by atoms with Gasteiger partial charge in [-0.1, -0.05) is 6.92 Å². The summed E-state index contributed by atoms with van der Waals surface area (Å²) in [5.74, 6) is -2.31. The number of likely N-dealkylation sites (tertiary alicyclic amines) is 1. The van der Waals surface area contributed by atoms with Crippen LogP contribution in [0.3, 0.4) is 0 Å². The molecular weight excluding hydrogens is 261 g/mol. The zero-order valence-electron chi connectivity index (χ0n) is 11.4. The highest BCUT2D eigenvalue weighted by Gasteiger charge is 2.28. The Kier molecular flexibility index (Phi) is 4.37. The molecular formula is C15H18FNO3. The molecule has 1 atom stereocenters. The molecule has 20 heavy (non-hydrogen) atoms. The van der Waals surface area contributed by atoms with Gasteiger partial charge in [0.1, 0.15) is 5.82 Å². The average molecular weight is 279 g/mol. The smallest absolute Gasteiger partial charge is 0.335 e. The number of halogens is 1. The number of hydrogen-bond donors (Lipinski definition) is 1. The maximum absolute atomic E-state index is 13.9. The minimum Gasteiger partial charge on any atom is -0.478 e. The molecule has 108 valence electrons. The molecule has 1 aliphatic rings. The van der Waals surface area contributed by atoms with Crippen molar-refractivity contribution < 1.29 is 19.1 Å². The molecule has 5 heteroatoms. The van der Waals surface area contributed by atoms with Gasteiger partial charge in [0, 0.05) is 12.6 Å². The number of nitrogens with zero attached hydrogens (tertiary/aromatic N) is 1. The maximum atomic E-state index is 13.9. The van der Waals surface area contributed by atoms with E-state index in [1.54, 1.807) is 4.90 Å². The zero-order valence-corrected chi connectivity index (χ0v) is 11.4. The third kappa shape index (κ3) is 2.81. The summed E-state index contributed by atoms with van der Waals surface area (Å²) in [6, 6.07) is 3.58. The molecule has 1 amide bonds. The normalized spacial score (nSPS) is 18.9. The Morgan fingerprint density at radius 2 is 2.15 bits per heavy atom. The Bertz CT molecular complexity index is 530. The number of hydrogen-bond acceptors (Lipinski definition) is 2. The maximum Gasteiger partial charge on any atom is 0.335 e. The number of amides is 1. The first-order valence-electron chi connectivity index (χ1n) is 6.88. The van der Waals surface area contributed by atoms with Crippen molar-refractivity contribution in [3.05, 3.63) is 35.1 Å². The van der Waals surface area contributed by atoms with Gasteiger partial charge in [0.25, 0.3) is 5.91 Å². The Morgan fingerprint density at radius 3 is 2.75 bits per heavy atom. The largest absolute Gasteiger partial charge is 0.478 e. The van der Waals surface area contributed by atoms with Crippen LogP contribution in [-0.4, -0.2) is 34.5 Å². The average Bonchev–Trinajstić information content (AvgIpc) is 2.46. The molecule has 1 saturated heterocycles. The molecule has 4 nitrogen and oxygen atoms in total. The van der Waals surface area contributed by atoms with E-state index in [0.29, 0.717) is 6.54 Å². The first-order valence-corrected chi connectivity index (χ1v) is 6.88. The summed E-state index contributed by atoms with van der Waals surface area (Å²) in [6.45, 7) is 2.65. The summed E-state index contributed by atoms with van der Waals surface area (Å²) in [5.41, 5.74) is -0.194. The van der Waals surface area contributed by atoms with Gasteiger partial charge >= 0.3 is 5.97 Å². The number of carboxylic acid groups (broad SMARTS) is 1. The molecule has 0 radical (unpaired) electrons. The van der Waals surface area contributed by atoms with Gasteiger partial charge in [0.05, 0.1) is 11.1 Å². The predicted octanol–water partition coefficient (Wildman–Crippen LogP) is 2.93. The lowest BCUT2D eigenvalue weighted by molar-refractivity contribution is 0.0601. The molecule has 0 aromatic heterocycles. The van der Waals surface area contributed by atoms with Crippen LogP contribution < -0.4 is 0 Å². The molecule has 2 rings (SSSR count). The van der Waals surface area contributed by atoms with Crippen molar-refractivity contribution >= 4 is 11.9 Å². The van der Waals surface area contributed by atoms with E-state index in [2.05, 4.69) is 0 Å². The lowest BCUT2D eigenvalue weighted by Gasteiger charge is -2.35. The second kappa shape index (κ2) is 6.03. The molecule has 1 heterocycles. The molecule has 1 unspecified atom stereocenters.